The first-order valence-corrected chi connectivity index (χ1v) is 4.21. The zero-order chi connectivity index (χ0) is 9.07. The molecule has 0 heterocycles. The third-order valence-corrected chi connectivity index (χ3v) is 1.24. The van der Waals surface area contributed by atoms with E-state index in [-0.39, 0.29) is 0 Å². The van der Waals surface area contributed by atoms with Crippen LogP contribution in [0.1, 0.15) is 32.1 Å². The molecule has 67 valence electrons. The van der Waals surface area contributed by atoms with Gasteiger partial charge in [0.2, 0.25) is 0 Å². The fraction of sp³-hybridized carbons (Fsp3) is 0.600. The van der Waals surface area contributed by atoms with E-state index in [9.17, 15) is 0 Å². The van der Waals surface area contributed by atoms with Gasteiger partial charge in [-0.3, -0.25) is 0 Å². The molecule has 0 rings (SSSR count). The molecule has 0 aliphatic carbocycles. The lowest BCUT2D eigenvalue weighted by molar-refractivity contribution is 0.214. The molecule has 0 aromatic carbocycles. The van der Waals surface area contributed by atoms with Gasteiger partial charge in [-0.1, -0.05) is 12.1 Å². The van der Waals surface area contributed by atoms with Gasteiger partial charge in [-0.25, -0.2) is 0 Å². The minimum Gasteiger partial charge on any atom is -0.399 e. The Balaban J connectivity index is 3.11. The lowest BCUT2D eigenvalue weighted by Crippen LogP contribution is -1.77. The second-order valence-electron chi connectivity index (χ2n) is 2.32. The largest absolute Gasteiger partial charge is 0.399 e. The molecule has 0 N–H and O–H groups in total. The van der Waals surface area contributed by atoms with Crippen LogP contribution in [0, 0.1) is 18.8 Å². The molecule has 2 heteroatoms. The van der Waals surface area contributed by atoms with Gasteiger partial charge in [-0.05, 0) is 19.3 Å². The summed E-state index contributed by atoms with van der Waals surface area (Å²) < 4.78 is 0. The first kappa shape index (κ1) is 11.0. The van der Waals surface area contributed by atoms with E-state index in [2.05, 4.69) is 28.8 Å². The van der Waals surface area contributed by atoms with Crippen LogP contribution in [0.5, 0.6) is 0 Å². The van der Waals surface area contributed by atoms with Crippen molar-refractivity contribution in [3.8, 4) is 11.8 Å². The van der Waals surface area contributed by atoms with Crippen LogP contribution in [0.4, 0.5) is 0 Å². The molecule has 2 nitrogen and oxygen atoms in total. The summed E-state index contributed by atoms with van der Waals surface area (Å²) in [6.45, 7) is 3.70. The van der Waals surface area contributed by atoms with Crippen molar-refractivity contribution < 1.29 is 4.84 Å². The first-order valence-electron chi connectivity index (χ1n) is 4.21. The first-order chi connectivity index (χ1) is 5.91. The molecule has 12 heavy (non-hydrogen) atoms. The third kappa shape index (κ3) is 9.03. The highest BCUT2D eigenvalue weighted by atomic mass is 16.6. The Bertz CT molecular complexity index is 164. The predicted molar refractivity (Wildman–Crippen MR) is 51.7 cm³/mol. The van der Waals surface area contributed by atoms with Crippen molar-refractivity contribution in [3.05, 3.63) is 6.92 Å². The van der Waals surface area contributed by atoms with Crippen molar-refractivity contribution in [2.24, 2.45) is 5.16 Å². The highest BCUT2D eigenvalue weighted by Crippen LogP contribution is 1.91. The minimum atomic E-state index is 0.901. The Morgan fingerprint density at radius 3 is 2.83 bits per heavy atom. The van der Waals surface area contributed by atoms with E-state index in [1.807, 2.05) is 0 Å². The Morgan fingerprint density at radius 1 is 1.42 bits per heavy atom. The van der Waals surface area contributed by atoms with Crippen molar-refractivity contribution in [2.75, 3.05) is 7.11 Å². The van der Waals surface area contributed by atoms with Crippen LogP contribution >= 0.6 is 0 Å². The van der Waals surface area contributed by atoms with E-state index in [1.165, 1.54) is 0 Å². The monoisotopic (exact) mass is 166 g/mol. The third-order valence-electron chi connectivity index (χ3n) is 1.24. The van der Waals surface area contributed by atoms with Crippen molar-refractivity contribution >= 4 is 6.21 Å². The van der Waals surface area contributed by atoms with Crippen LogP contribution < -0.4 is 0 Å². The van der Waals surface area contributed by atoms with Gasteiger partial charge < -0.3 is 4.84 Å². The average molecular weight is 166 g/mol. The normalized spacial score (nSPS) is 9.50. The Morgan fingerprint density at radius 2 is 2.17 bits per heavy atom. The van der Waals surface area contributed by atoms with Gasteiger partial charge in [0.1, 0.15) is 7.11 Å². The lowest BCUT2D eigenvalue weighted by Gasteiger charge is -1.87. The van der Waals surface area contributed by atoms with E-state index in [4.69, 9.17) is 0 Å². The van der Waals surface area contributed by atoms with E-state index < -0.39 is 0 Å². The molecule has 0 saturated carbocycles. The van der Waals surface area contributed by atoms with Gasteiger partial charge in [0, 0.05) is 19.1 Å². The second kappa shape index (κ2) is 10.0. The highest BCUT2D eigenvalue weighted by Gasteiger charge is 1.80. The molecule has 0 atom stereocenters. The number of hydrogen-bond acceptors (Lipinski definition) is 2. The molecule has 1 radical (unpaired) electrons. The summed E-state index contributed by atoms with van der Waals surface area (Å²) in [7, 11) is 1.55. The van der Waals surface area contributed by atoms with Gasteiger partial charge in [0.15, 0.2) is 0 Å². The smallest absolute Gasteiger partial charge is 0.106 e. The number of rotatable bonds is 5. The molecule has 0 spiro atoms. The molecule has 0 amide bonds. The highest BCUT2D eigenvalue weighted by molar-refractivity contribution is 5.56. The minimum absolute atomic E-state index is 0.901. The van der Waals surface area contributed by atoms with Crippen molar-refractivity contribution in [1.82, 2.24) is 0 Å². The van der Waals surface area contributed by atoms with Gasteiger partial charge >= 0.3 is 0 Å². The van der Waals surface area contributed by atoms with E-state index >= 15 is 0 Å². The molecular formula is C10H16NO. The van der Waals surface area contributed by atoms with Crippen LogP contribution in [0.25, 0.3) is 0 Å². The van der Waals surface area contributed by atoms with Crippen LogP contribution in [0.3, 0.4) is 0 Å². The maximum absolute atomic E-state index is 4.51. The summed E-state index contributed by atoms with van der Waals surface area (Å²) in [5.41, 5.74) is 0. The molecular weight excluding hydrogens is 150 g/mol. The number of unbranched alkanes of at least 4 members (excludes halogenated alkanes) is 3. The lowest BCUT2D eigenvalue weighted by atomic mass is 10.2. The quantitative estimate of drug-likeness (QED) is 0.266. The fourth-order valence-corrected chi connectivity index (χ4v) is 0.674. The molecule has 0 aliphatic heterocycles. The van der Waals surface area contributed by atoms with Crippen LogP contribution in [-0.4, -0.2) is 13.3 Å². The molecule has 0 bridgehead atoms. The maximum Gasteiger partial charge on any atom is 0.106 e. The number of hydrogen-bond donors (Lipinski definition) is 0. The van der Waals surface area contributed by atoms with Crippen molar-refractivity contribution in [3.63, 3.8) is 0 Å². The molecule has 0 aromatic heterocycles. The van der Waals surface area contributed by atoms with Crippen LogP contribution in [-0.2, 0) is 4.84 Å². The SMILES string of the molecule is [CH2]CCC#CCCCC=NOC. The average Bonchev–Trinajstić information content (AvgIpc) is 2.10. The van der Waals surface area contributed by atoms with Gasteiger partial charge in [0.25, 0.3) is 0 Å². The predicted octanol–water partition coefficient (Wildman–Crippen LogP) is 2.41. The van der Waals surface area contributed by atoms with E-state index in [1.54, 1.807) is 13.3 Å². The molecule has 0 unspecified atom stereocenters. The molecule has 0 aromatic rings. The zero-order valence-electron chi connectivity index (χ0n) is 7.68. The van der Waals surface area contributed by atoms with Gasteiger partial charge in [0.05, 0.1) is 0 Å². The van der Waals surface area contributed by atoms with Crippen LogP contribution in [0.2, 0.25) is 0 Å². The molecule has 0 fully saturated rings. The summed E-state index contributed by atoms with van der Waals surface area (Å²) in [4.78, 5) is 4.51. The second-order valence-corrected chi connectivity index (χ2v) is 2.32. The summed E-state index contributed by atoms with van der Waals surface area (Å²) >= 11 is 0. The maximum atomic E-state index is 4.51. The van der Waals surface area contributed by atoms with E-state index in [0.717, 1.165) is 32.1 Å². The summed E-state index contributed by atoms with van der Waals surface area (Å²) in [6, 6.07) is 0. The Kier molecular flexibility index (Phi) is 9.22. The topological polar surface area (TPSA) is 21.6 Å². The zero-order valence-corrected chi connectivity index (χ0v) is 7.68. The number of nitrogens with zero attached hydrogens (tertiary/aromatic N) is 1. The summed E-state index contributed by atoms with van der Waals surface area (Å²) in [6.07, 6.45) is 6.51. The van der Waals surface area contributed by atoms with Gasteiger partial charge in [-0.2, -0.15) is 0 Å². The van der Waals surface area contributed by atoms with Crippen molar-refractivity contribution in [2.45, 2.75) is 32.1 Å². The number of oxime groups is 1. The Labute approximate surface area is 75.0 Å². The summed E-state index contributed by atoms with van der Waals surface area (Å²) in [5, 5.41) is 3.62. The molecule has 0 aliphatic rings. The summed E-state index contributed by atoms with van der Waals surface area (Å²) in [5.74, 6) is 6.11. The standard InChI is InChI=1S/C10H16NO/c1-3-4-5-6-7-8-9-10-11-12-2/h10H,1,3-4,7-9H2,2H3. The Hall–Kier alpha value is -0.970. The van der Waals surface area contributed by atoms with Gasteiger partial charge in [-0.15, -0.1) is 11.8 Å². The van der Waals surface area contributed by atoms with Crippen molar-refractivity contribution in [1.29, 1.82) is 0 Å². The van der Waals surface area contributed by atoms with Crippen LogP contribution in [0.15, 0.2) is 5.16 Å². The fourth-order valence-electron chi connectivity index (χ4n) is 0.674. The van der Waals surface area contributed by atoms with E-state index in [0.29, 0.717) is 0 Å². The molecule has 0 saturated heterocycles.